The van der Waals surface area contributed by atoms with E-state index in [1.807, 2.05) is 6.07 Å². The van der Waals surface area contributed by atoms with Gasteiger partial charge in [0.2, 0.25) is 0 Å². The van der Waals surface area contributed by atoms with E-state index in [2.05, 4.69) is 29.1 Å². The summed E-state index contributed by atoms with van der Waals surface area (Å²) in [5.41, 5.74) is 5.42. The maximum absolute atomic E-state index is 5.42. The monoisotopic (exact) mass is 179 g/mol. The molecule has 0 aliphatic rings. The minimum absolute atomic E-state index is 0.832. The number of hydrogen-bond acceptors (Lipinski definition) is 1. The number of rotatable bonds is 6. The van der Waals surface area contributed by atoms with E-state index in [0.29, 0.717) is 0 Å². The molecule has 0 aliphatic carbocycles. The van der Waals surface area contributed by atoms with Crippen LogP contribution in [0.4, 0.5) is 0 Å². The Kier molecular flexibility index (Phi) is 5.18. The number of aryl methyl sites for hydroxylation is 1. The van der Waals surface area contributed by atoms with Crippen LogP contribution in [0.5, 0.6) is 0 Å². The van der Waals surface area contributed by atoms with Crippen molar-refractivity contribution in [1.82, 2.24) is 0 Å². The van der Waals surface area contributed by atoms with Crippen molar-refractivity contribution in [2.45, 2.75) is 32.2 Å². The van der Waals surface area contributed by atoms with Crippen LogP contribution in [0, 0.1) is 0 Å². The van der Waals surface area contributed by atoms with Gasteiger partial charge < -0.3 is 5.73 Å². The summed E-state index contributed by atoms with van der Waals surface area (Å²) in [6, 6.07) is 6.19. The minimum Gasteiger partial charge on any atom is -0.330 e. The Balaban J connectivity index is 2.07. The standard InChI is InChI=1S/C11H19N2/c12-8-4-1-2-5-9-13-10-6-3-7-11-13/h3,6-7,10-11H,1-2,4-5,8-9,12H2/q+1. The Bertz CT molecular complexity index is 209. The Morgan fingerprint density at radius 3 is 2.23 bits per heavy atom. The molecule has 0 atom stereocenters. The largest absolute Gasteiger partial charge is 0.330 e. The predicted octanol–water partition coefficient (Wildman–Crippen LogP) is 1.49. The fourth-order valence-electron chi connectivity index (χ4n) is 1.38. The first-order valence-corrected chi connectivity index (χ1v) is 5.07. The molecule has 0 spiro atoms. The summed E-state index contributed by atoms with van der Waals surface area (Å²) in [5, 5.41) is 0. The average molecular weight is 179 g/mol. The summed E-state index contributed by atoms with van der Waals surface area (Å²) in [7, 11) is 0. The molecular formula is C11H19N2+. The second-order valence-corrected chi connectivity index (χ2v) is 3.32. The van der Waals surface area contributed by atoms with Crippen molar-refractivity contribution in [1.29, 1.82) is 0 Å². The lowest BCUT2D eigenvalue weighted by molar-refractivity contribution is -0.697. The smallest absolute Gasteiger partial charge is 0.168 e. The molecule has 0 bridgehead atoms. The zero-order valence-electron chi connectivity index (χ0n) is 8.15. The van der Waals surface area contributed by atoms with Gasteiger partial charge >= 0.3 is 0 Å². The van der Waals surface area contributed by atoms with E-state index < -0.39 is 0 Å². The fraction of sp³-hybridized carbons (Fsp3) is 0.545. The number of aromatic nitrogens is 1. The SMILES string of the molecule is NCCCCCC[n+]1ccccc1. The molecule has 1 aromatic rings. The molecule has 1 heterocycles. The van der Waals surface area contributed by atoms with E-state index in [1.54, 1.807) is 0 Å². The zero-order chi connectivity index (χ0) is 9.36. The van der Waals surface area contributed by atoms with E-state index in [1.165, 1.54) is 25.7 Å². The van der Waals surface area contributed by atoms with Gasteiger partial charge in [0, 0.05) is 18.6 Å². The van der Waals surface area contributed by atoms with Crippen LogP contribution in [0.15, 0.2) is 30.6 Å². The van der Waals surface area contributed by atoms with Crippen molar-refractivity contribution in [3.63, 3.8) is 0 Å². The van der Waals surface area contributed by atoms with Crippen molar-refractivity contribution >= 4 is 0 Å². The molecule has 0 aromatic carbocycles. The van der Waals surface area contributed by atoms with Gasteiger partial charge in [0.05, 0.1) is 0 Å². The highest BCUT2D eigenvalue weighted by atomic mass is 14.9. The van der Waals surface area contributed by atoms with Crippen LogP contribution in [-0.4, -0.2) is 6.54 Å². The highest BCUT2D eigenvalue weighted by molar-refractivity contribution is 4.83. The van der Waals surface area contributed by atoms with E-state index in [0.717, 1.165) is 13.1 Å². The topological polar surface area (TPSA) is 29.9 Å². The summed E-state index contributed by atoms with van der Waals surface area (Å²) in [6.07, 6.45) is 9.21. The number of hydrogen-bond donors (Lipinski definition) is 1. The molecule has 2 heteroatoms. The summed E-state index contributed by atoms with van der Waals surface area (Å²) in [4.78, 5) is 0. The van der Waals surface area contributed by atoms with Crippen LogP contribution in [-0.2, 0) is 6.54 Å². The molecule has 0 radical (unpaired) electrons. The molecule has 0 saturated heterocycles. The van der Waals surface area contributed by atoms with Gasteiger partial charge in [-0.15, -0.1) is 0 Å². The molecule has 13 heavy (non-hydrogen) atoms. The minimum atomic E-state index is 0.832. The molecule has 72 valence electrons. The Labute approximate surface area is 80.4 Å². The summed E-state index contributed by atoms with van der Waals surface area (Å²) in [6.45, 7) is 1.96. The number of pyridine rings is 1. The molecule has 0 amide bonds. The Morgan fingerprint density at radius 2 is 1.54 bits per heavy atom. The van der Waals surface area contributed by atoms with Gasteiger partial charge in [-0.3, -0.25) is 0 Å². The highest BCUT2D eigenvalue weighted by Gasteiger charge is 1.96. The lowest BCUT2D eigenvalue weighted by Crippen LogP contribution is -2.32. The van der Waals surface area contributed by atoms with Crippen LogP contribution in [0.2, 0.25) is 0 Å². The average Bonchev–Trinajstić information content (AvgIpc) is 2.19. The van der Waals surface area contributed by atoms with E-state index >= 15 is 0 Å². The van der Waals surface area contributed by atoms with E-state index in [4.69, 9.17) is 5.73 Å². The van der Waals surface area contributed by atoms with Crippen molar-refractivity contribution < 1.29 is 4.57 Å². The van der Waals surface area contributed by atoms with Crippen molar-refractivity contribution in [3.05, 3.63) is 30.6 Å². The summed E-state index contributed by atoms with van der Waals surface area (Å²) >= 11 is 0. The van der Waals surface area contributed by atoms with Gasteiger partial charge in [0.25, 0.3) is 0 Å². The molecule has 0 fully saturated rings. The lowest BCUT2D eigenvalue weighted by Gasteiger charge is -1.97. The molecular weight excluding hydrogens is 160 g/mol. The van der Waals surface area contributed by atoms with Crippen molar-refractivity contribution in [3.8, 4) is 0 Å². The van der Waals surface area contributed by atoms with Gasteiger partial charge in [-0.25, -0.2) is 4.57 Å². The van der Waals surface area contributed by atoms with Crippen molar-refractivity contribution in [2.75, 3.05) is 6.54 Å². The number of unbranched alkanes of at least 4 members (excludes halogenated alkanes) is 3. The summed E-state index contributed by atoms with van der Waals surface area (Å²) in [5.74, 6) is 0. The maximum Gasteiger partial charge on any atom is 0.168 e. The Hall–Kier alpha value is -0.890. The molecule has 2 N–H and O–H groups in total. The fourth-order valence-corrected chi connectivity index (χ4v) is 1.38. The van der Waals surface area contributed by atoms with Gasteiger partial charge in [-0.1, -0.05) is 12.5 Å². The first-order chi connectivity index (χ1) is 6.43. The van der Waals surface area contributed by atoms with Crippen molar-refractivity contribution in [2.24, 2.45) is 5.73 Å². The van der Waals surface area contributed by atoms with Gasteiger partial charge in [0.1, 0.15) is 6.54 Å². The summed E-state index contributed by atoms with van der Waals surface area (Å²) < 4.78 is 2.22. The second-order valence-electron chi connectivity index (χ2n) is 3.32. The third-order valence-corrected chi connectivity index (χ3v) is 2.15. The van der Waals surface area contributed by atoms with Crippen LogP contribution < -0.4 is 10.3 Å². The van der Waals surface area contributed by atoms with E-state index in [-0.39, 0.29) is 0 Å². The Morgan fingerprint density at radius 1 is 0.846 bits per heavy atom. The molecule has 2 nitrogen and oxygen atoms in total. The normalized spacial score (nSPS) is 10.2. The highest BCUT2D eigenvalue weighted by Crippen LogP contribution is 1.97. The zero-order valence-corrected chi connectivity index (χ0v) is 8.15. The van der Waals surface area contributed by atoms with Crippen LogP contribution in [0.1, 0.15) is 25.7 Å². The first kappa shape index (κ1) is 10.2. The third kappa shape index (κ3) is 4.63. The molecule has 0 aliphatic heterocycles. The maximum atomic E-state index is 5.42. The first-order valence-electron chi connectivity index (χ1n) is 5.07. The van der Waals surface area contributed by atoms with E-state index in [9.17, 15) is 0 Å². The second kappa shape index (κ2) is 6.61. The molecule has 0 saturated carbocycles. The van der Waals surface area contributed by atoms with Gasteiger partial charge in [0.15, 0.2) is 12.4 Å². The molecule has 0 unspecified atom stereocenters. The van der Waals surface area contributed by atoms with Crippen LogP contribution in [0.25, 0.3) is 0 Å². The quantitative estimate of drug-likeness (QED) is 0.520. The van der Waals surface area contributed by atoms with Gasteiger partial charge in [-0.2, -0.15) is 0 Å². The van der Waals surface area contributed by atoms with Crippen LogP contribution in [0.3, 0.4) is 0 Å². The van der Waals surface area contributed by atoms with Gasteiger partial charge in [-0.05, 0) is 19.4 Å². The number of nitrogens with zero attached hydrogens (tertiary/aromatic N) is 1. The lowest BCUT2D eigenvalue weighted by atomic mass is 10.2. The van der Waals surface area contributed by atoms with Crippen LogP contribution >= 0.6 is 0 Å². The number of nitrogens with two attached hydrogens (primary N) is 1. The molecule has 1 rings (SSSR count). The third-order valence-electron chi connectivity index (χ3n) is 2.15. The predicted molar refractivity (Wildman–Crippen MR) is 54.2 cm³/mol. The molecule has 1 aromatic heterocycles.